The van der Waals surface area contributed by atoms with Crippen molar-refractivity contribution in [3.05, 3.63) is 52.4 Å². The first-order chi connectivity index (χ1) is 11.1. The molecule has 0 aliphatic carbocycles. The second-order valence-corrected chi connectivity index (χ2v) is 5.52. The van der Waals surface area contributed by atoms with Crippen molar-refractivity contribution in [2.45, 2.75) is 13.0 Å². The number of hydrogen-bond acceptors (Lipinski definition) is 4. The van der Waals surface area contributed by atoms with E-state index in [-0.39, 0.29) is 30.5 Å². The fraction of sp³-hybridized carbons (Fsp3) is 0.250. The summed E-state index contributed by atoms with van der Waals surface area (Å²) in [6.45, 7) is 0.649. The van der Waals surface area contributed by atoms with Crippen LogP contribution in [0, 0.1) is 0 Å². The summed E-state index contributed by atoms with van der Waals surface area (Å²) in [6.07, 6.45) is 0.192. The Morgan fingerprint density at radius 3 is 2.74 bits per heavy atom. The van der Waals surface area contributed by atoms with Crippen LogP contribution in [-0.4, -0.2) is 25.5 Å². The average Bonchev–Trinajstić information content (AvgIpc) is 2.99. The van der Waals surface area contributed by atoms with Gasteiger partial charge in [-0.05, 0) is 45.8 Å². The molecule has 0 bridgehead atoms. The number of nitrogens with one attached hydrogen (secondary N) is 2. The van der Waals surface area contributed by atoms with Gasteiger partial charge in [0.15, 0.2) is 10.4 Å². The van der Waals surface area contributed by atoms with Crippen LogP contribution in [0.5, 0.6) is 5.75 Å². The summed E-state index contributed by atoms with van der Waals surface area (Å²) < 4.78 is 10.7. The van der Waals surface area contributed by atoms with Gasteiger partial charge in [0.05, 0.1) is 7.11 Å². The lowest BCUT2D eigenvalue weighted by molar-refractivity contribution is -0.121. The number of carbonyl (C=O) groups is 2. The first kappa shape index (κ1) is 17.1. The number of benzene rings is 1. The highest BCUT2D eigenvalue weighted by atomic mass is 79.9. The molecule has 2 rings (SSSR count). The Kier molecular flexibility index (Phi) is 6.22. The molecule has 2 aromatic rings. The van der Waals surface area contributed by atoms with Crippen LogP contribution in [0.2, 0.25) is 0 Å². The quantitative estimate of drug-likeness (QED) is 0.772. The van der Waals surface area contributed by atoms with Crippen molar-refractivity contribution >= 4 is 27.7 Å². The fourth-order valence-corrected chi connectivity index (χ4v) is 2.19. The number of halogens is 1. The Balaban J connectivity index is 1.69. The van der Waals surface area contributed by atoms with E-state index in [2.05, 4.69) is 26.6 Å². The maximum absolute atomic E-state index is 11.8. The molecule has 1 aromatic carbocycles. The van der Waals surface area contributed by atoms with E-state index in [1.807, 2.05) is 24.3 Å². The maximum atomic E-state index is 11.8. The van der Waals surface area contributed by atoms with Gasteiger partial charge >= 0.3 is 0 Å². The van der Waals surface area contributed by atoms with Gasteiger partial charge in [-0.15, -0.1) is 0 Å². The minimum absolute atomic E-state index is 0.145. The predicted octanol–water partition coefficient (Wildman–Crippen LogP) is 2.49. The largest absolute Gasteiger partial charge is 0.497 e. The first-order valence-corrected chi connectivity index (χ1v) is 7.81. The van der Waals surface area contributed by atoms with Crippen molar-refractivity contribution in [3.8, 4) is 5.75 Å². The van der Waals surface area contributed by atoms with Gasteiger partial charge in [0.25, 0.3) is 5.91 Å². The summed E-state index contributed by atoms with van der Waals surface area (Å²) in [6, 6.07) is 10.7. The van der Waals surface area contributed by atoms with Gasteiger partial charge in [-0.25, -0.2) is 0 Å². The molecule has 2 N–H and O–H groups in total. The van der Waals surface area contributed by atoms with E-state index < -0.39 is 0 Å². The third-order valence-corrected chi connectivity index (χ3v) is 3.48. The van der Waals surface area contributed by atoms with E-state index >= 15 is 0 Å². The molecule has 1 heterocycles. The van der Waals surface area contributed by atoms with E-state index in [1.165, 1.54) is 0 Å². The number of amides is 2. The molecule has 23 heavy (non-hydrogen) atoms. The van der Waals surface area contributed by atoms with E-state index in [4.69, 9.17) is 9.15 Å². The van der Waals surface area contributed by atoms with Crippen LogP contribution in [0.4, 0.5) is 0 Å². The predicted molar refractivity (Wildman–Crippen MR) is 88.2 cm³/mol. The molecule has 0 radical (unpaired) electrons. The van der Waals surface area contributed by atoms with Gasteiger partial charge in [-0.2, -0.15) is 0 Å². The van der Waals surface area contributed by atoms with Gasteiger partial charge in [-0.3, -0.25) is 9.59 Å². The molecule has 2 amide bonds. The summed E-state index contributed by atoms with van der Waals surface area (Å²) in [5.74, 6) is 0.451. The van der Waals surface area contributed by atoms with E-state index in [0.29, 0.717) is 11.2 Å². The fourth-order valence-electron chi connectivity index (χ4n) is 1.88. The Bertz CT molecular complexity index is 684. The monoisotopic (exact) mass is 380 g/mol. The number of methoxy groups -OCH3 is 1. The standard InChI is InChI=1S/C16H17BrN2O4/c1-22-12-4-2-3-11(9-12)10-19-15(20)7-8-18-16(21)13-5-6-14(17)23-13/h2-6,9H,7-8,10H2,1H3,(H,18,21)(H,19,20). The van der Waals surface area contributed by atoms with Crippen molar-refractivity contribution < 1.29 is 18.7 Å². The number of furan rings is 1. The van der Waals surface area contributed by atoms with Crippen LogP contribution in [0.25, 0.3) is 0 Å². The summed E-state index contributed by atoms with van der Waals surface area (Å²) in [5, 5.41) is 5.42. The zero-order chi connectivity index (χ0) is 16.7. The van der Waals surface area contributed by atoms with Crippen molar-refractivity contribution in [1.29, 1.82) is 0 Å². The number of ether oxygens (including phenoxy) is 1. The summed E-state index contributed by atoms with van der Waals surface area (Å²) in [5.41, 5.74) is 0.946. The maximum Gasteiger partial charge on any atom is 0.287 e. The Labute approximate surface area is 142 Å². The SMILES string of the molecule is COc1cccc(CNC(=O)CCNC(=O)c2ccc(Br)o2)c1. The lowest BCUT2D eigenvalue weighted by Gasteiger charge is -2.07. The number of hydrogen-bond donors (Lipinski definition) is 2. The molecule has 0 spiro atoms. The van der Waals surface area contributed by atoms with E-state index in [0.717, 1.165) is 11.3 Å². The zero-order valence-corrected chi connectivity index (χ0v) is 14.2. The highest BCUT2D eigenvalue weighted by Gasteiger charge is 2.10. The molecular formula is C16H17BrN2O4. The Hall–Kier alpha value is -2.28. The number of carbonyl (C=O) groups excluding carboxylic acids is 2. The zero-order valence-electron chi connectivity index (χ0n) is 12.6. The Morgan fingerprint density at radius 1 is 1.22 bits per heavy atom. The minimum Gasteiger partial charge on any atom is -0.497 e. The average molecular weight is 381 g/mol. The Morgan fingerprint density at radius 2 is 2.04 bits per heavy atom. The summed E-state index contributed by atoms with van der Waals surface area (Å²) in [4.78, 5) is 23.5. The van der Waals surface area contributed by atoms with Gasteiger partial charge < -0.3 is 19.8 Å². The van der Waals surface area contributed by atoms with Crippen LogP contribution in [0.15, 0.2) is 45.5 Å². The van der Waals surface area contributed by atoms with Crippen molar-refractivity contribution in [3.63, 3.8) is 0 Å². The third kappa shape index (κ3) is 5.45. The molecule has 122 valence electrons. The molecule has 1 aromatic heterocycles. The molecule has 0 aliphatic rings. The molecular weight excluding hydrogens is 364 g/mol. The van der Waals surface area contributed by atoms with Crippen LogP contribution in [0.1, 0.15) is 22.5 Å². The van der Waals surface area contributed by atoms with E-state index in [9.17, 15) is 9.59 Å². The minimum atomic E-state index is -0.351. The van der Waals surface area contributed by atoms with Gasteiger partial charge in [0.1, 0.15) is 5.75 Å². The van der Waals surface area contributed by atoms with Gasteiger partial charge in [0.2, 0.25) is 5.91 Å². The molecule has 0 unspecified atom stereocenters. The van der Waals surface area contributed by atoms with Gasteiger partial charge in [-0.1, -0.05) is 12.1 Å². The van der Waals surface area contributed by atoms with Crippen molar-refractivity contribution in [2.24, 2.45) is 0 Å². The molecule has 0 saturated carbocycles. The second kappa shape index (κ2) is 8.38. The van der Waals surface area contributed by atoms with Crippen LogP contribution >= 0.6 is 15.9 Å². The second-order valence-electron chi connectivity index (χ2n) is 4.74. The lowest BCUT2D eigenvalue weighted by atomic mass is 10.2. The lowest BCUT2D eigenvalue weighted by Crippen LogP contribution is -2.30. The smallest absolute Gasteiger partial charge is 0.287 e. The van der Waals surface area contributed by atoms with Gasteiger partial charge in [0, 0.05) is 19.5 Å². The summed E-state index contributed by atoms with van der Waals surface area (Å²) >= 11 is 3.13. The first-order valence-electron chi connectivity index (χ1n) is 7.01. The van der Waals surface area contributed by atoms with Crippen LogP contribution in [0.3, 0.4) is 0 Å². The van der Waals surface area contributed by atoms with E-state index in [1.54, 1.807) is 19.2 Å². The molecule has 0 saturated heterocycles. The summed E-state index contributed by atoms with van der Waals surface area (Å²) in [7, 11) is 1.60. The highest BCUT2D eigenvalue weighted by molar-refractivity contribution is 9.10. The van der Waals surface area contributed by atoms with Crippen molar-refractivity contribution in [2.75, 3.05) is 13.7 Å². The molecule has 0 fully saturated rings. The number of rotatable bonds is 7. The third-order valence-electron chi connectivity index (χ3n) is 3.06. The molecule has 0 aliphatic heterocycles. The molecule has 7 heteroatoms. The molecule has 0 atom stereocenters. The molecule has 6 nitrogen and oxygen atoms in total. The van der Waals surface area contributed by atoms with Crippen molar-refractivity contribution in [1.82, 2.24) is 10.6 Å². The van der Waals surface area contributed by atoms with Crippen LogP contribution in [-0.2, 0) is 11.3 Å². The normalized spacial score (nSPS) is 10.2. The van der Waals surface area contributed by atoms with Crippen LogP contribution < -0.4 is 15.4 Å². The highest BCUT2D eigenvalue weighted by Crippen LogP contribution is 2.14. The topological polar surface area (TPSA) is 80.6 Å².